The van der Waals surface area contributed by atoms with Crippen molar-refractivity contribution in [1.82, 2.24) is 10.2 Å². The van der Waals surface area contributed by atoms with Crippen molar-refractivity contribution < 1.29 is 14.3 Å². The van der Waals surface area contributed by atoms with Crippen LogP contribution in [0, 0.1) is 0 Å². The molecule has 0 aliphatic heterocycles. The van der Waals surface area contributed by atoms with Gasteiger partial charge in [-0.15, -0.1) is 11.8 Å². The molecule has 2 aromatic carbocycles. The fourth-order valence-corrected chi connectivity index (χ4v) is 5.11. The number of ether oxygens (including phenoxy) is 1. The van der Waals surface area contributed by atoms with E-state index in [0.29, 0.717) is 30.2 Å². The van der Waals surface area contributed by atoms with Gasteiger partial charge in [0, 0.05) is 34.7 Å². The largest absolute Gasteiger partial charge is 0.497 e. The maximum Gasteiger partial charge on any atom is 0.243 e. The third-order valence-electron chi connectivity index (χ3n) is 6.00. The molecule has 1 saturated carbocycles. The molecule has 0 saturated heterocycles. The van der Waals surface area contributed by atoms with Crippen molar-refractivity contribution in [3.8, 4) is 5.75 Å². The summed E-state index contributed by atoms with van der Waals surface area (Å²) >= 11 is 7.58. The maximum absolute atomic E-state index is 13.3. The van der Waals surface area contributed by atoms with Crippen molar-refractivity contribution in [2.45, 2.75) is 69.0 Å². The second-order valence-electron chi connectivity index (χ2n) is 8.34. The lowest BCUT2D eigenvalue weighted by Gasteiger charge is -2.31. The molecule has 1 aliphatic carbocycles. The molecule has 0 bridgehead atoms. The molecule has 1 aliphatic rings. The van der Waals surface area contributed by atoms with Crippen LogP contribution in [0.2, 0.25) is 5.02 Å². The fourth-order valence-electron chi connectivity index (χ4n) is 4.15. The van der Waals surface area contributed by atoms with Crippen molar-refractivity contribution in [1.29, 1.82) is 0 Å². The molecule has 1 fully saturated rings. The molecular weight excluding hydrogens is 456 g/mol. The monoisotopic (exact) mass is 488 g/mol. The number of methoxy groups -OCH3 is 1. The zero-order valence-corrected chi connectivity index (χ0v) is 21.0. The number of amides is 2. The Bertz CT molecular complexity index is 899. The van der Waals surface area contributed by atoms with Gasteiger partial charge in [-0.05, 0) is 61.2 Å². The summed E-state index contributed by atoms with van der Waals surface area (Å²) in [6.07, 6.45) is 5.27. The van der Waals surface area contributed by atoms with Crippen molar-refractivity contribution in [2.75, 3.05) is 12.9 Å². The Morgan fingerprint density at radius 3 is 2.39 bits per heavy atom. The maximum atomic E-state index is 13.3. The summed E-state index contributed by atoms with van der Waals surface area (Å²) in [6.45, 7) is 2.36. The average Bonchev–Trinajstić information content (AvgIpc) is 3.33. The van der Waals surface area contributed by atoms with E-state index in [1.165, 1.54) is 0 Å². The molecule has 33 heavy (non-hydrogen) atoms. The Hall–Kier alpha value is -2.18. The predicted octanol–water partition coefficient (Wildman–Crippen LogP) is 5.70. The standard InChI is InChI=1S/C26H33ClN2O3S/c1-3-24(26(31)28-21-6-4-5-7-21)29(18-19-8-12-22(32-2)13-9-19)25(30)16-17-33-23-14-10-20(27)11-15-23/h8-15,21,24H,3-7,16-18H2,1-2H3,(H,28,31)/t24-/m0/s1. The molecule has 7 heteroatoms. The first kappa shape index (κ1) is 25.4. The second-order valence-corrected chi connectivity index (χ2v) is 9.94. The number of thioether (sulfide) groups is 1. The Balaban J connectivity index is 1.69. The van der Waals surface area contributed by atoms with Crippen molar-refractivity contribution in [3.63, 3.8) is 0 Å². The summed E-state index contributed by atoms with van der Waals surface area (Å²) in [5.41, 5.74) is 0.974. The summed E-state index contributed by atoms with van der Waals surface area (Å²) in [5, 5.41) is 3.88. The minimum atomic E-state index is -0.485. The van der Waals surface area contributed by atoms with Gasteiger partial charge in [-0.1, -0.05) is 43.5 Å². The molecule has 2 aromatic rings. The minimum absolute atomic E-state index is 0.0132. The van der Waals surface area contributed by atoms with E-state index in [-0.39, 0.29) is 17.9 Å². The fraction of sp³-hybridized carbons (Fsp3) is 0.462. The summed E-state index contributed by atoms with van der Waals surface area (Å²) < 4.78 is 5.25. The molecule has 5 nitrogen and oxygen atoms in total. The second kappa shape index (κ2) is 12.9. The first-order valence-corrected chi connectivity index (χ1v) is 13.0. The Morgan fingerprint density at radius 1 is 1.12 bits per heavy atom. The van der Waals surface area contributed by atoms with Crippen LogP contribution in [0.5, 0.6) is 5.75 Å². The highest BCUT2D eigenvalue weighted by molar-refractivity contribution is 7.99. The lowest BCUT2D eigenvalue weighted by molar-refractivity contribution is -0.141. The van der Waals surface area contributed by atoms with Gasteiger partial charge < -0.3 is 15.0 Å². The number of carbonyl (C=O) groups excluding carboxylic acids is 2. The molecule has 2 amide bonds. The van der Waals surface area contributed by atoms with Crippen LogP contribution in [0.25, 0.3) is 0 Å². The van der Waals surface area contributed by atoms with Crippen LogP contribution in [0.4, 0.5) is 0 Å². The molecule has 1 atom stereocenters. The number of hydrogen-bond acceptors (Lipinski definition) is 4. The van der Waals surface area contributed by atoms with E-state index in [1.807, 2.05) is 55.5 Å². The summed E-state index contributed by atoms with van der Waals surface area (Å²) in [5.74, 6) is 1.35. The molecule has 3 rings (SSSR count). The van der Waals surface area contributed by atoms with Crippen LogP contribution in [-0.4, -0.2) is 41.7 Å². The Kier molecular flexibility index (Phi) is 9.95. The van der Waals surface area contributed by atoms with Gasteiger partial charge in [-0.2, -0.15) is 0 Å². The number of nitrogens with zero attached hydrogens (tertiary/aromatic N) is 1. The van der Waals surface area contributed by atoms with Gasteiger partial charge in [0.15, 0.2) is 0 Å². The van der Waals surface area contributed by atoms with E-state index in [1.54, 1.807) is 23.8 Å². The van der Waals surface area contributed by atoms with Crippen LogP contribution >= 0.6 is 23.4 Å². The van der Waals surface area contributed by atoms with Gasteiger partial charge in [-0.25, -0.2) is 0 Å². The van der Waals surface area contributed by atoms with Crippen LogP contribution in [0.3, 0.4) is 0 Å². The van der Waals surface area contributed by atoms with Crippen molar-refractivity contribution in [3.05, 3.63) is 59.1 Å². The van der Waals surface area contributed by atoms with E-state index in [9.17, 15) is 9.59 Å². The van der Waals surface area contributed by atoms with Gasteiger partial charge in [0.2, 0.25) is 11.8 Å². The van der Waals surface area contributed by atoms with E-state index < -0.39 is 6.04 Å². The molecular formula is C26H33ClN2O3S. The third-order valence-corrected chi connectivity index (χ3v) is 7.26. The van der Waals surface area contributed by atoms with E-state index in [0.717, 1.165) is 41.9 Å². The van der Waals surface area contributed by atoms with Gasteiger partial charge in [-0.3, -0.25) is 9.59 Å². The highest BCUT2D eigenvalue weighted by Gasteiger charge is 2.30. The van der Waals surface area contributed by atoms with Gasteiger partial charge in [0.05, 0.1) is 7.11 Å². The molecule has 0 aromatic heterocycles. The molecule has 178 valence electrons. The predicted molar refractivity (Wildman–Crippen MR) is 135 cm³/mol. The summed E-state index contributed by atoms with van der Waals surface area (Å²) in [7, 11) is 1.63. The topological polar surface area (TPSA) is 58.6 Å². The number of carbonyl (C=O) groups is 2. The highest BCUT2D eigenvalue weighted by atomic mass is 35.5. The zero-order chi connectivity index (χ0) is 23.6. The Morgan fingerprint density at radius 2 is 1.79 bits per heavy atom. The summed E-state index contributed by atoms with van der Waals surface area (Å²) in [4.78, 5) is 29.3. The van der Waals surface area contributed by atoms with E-state index in [4.69, 9.17) is 16.3 Å². The number of rotatable bonds is 11. The lowest BCUT2D eigenvalue weighted by atomic mass is 10.1. The van der Waals surface area contributed by atoms with Crippen molar-refractivity contribution in [2.24, 2.45) is 0 Å². The van der Waals surface area contributed by atoms with Crippen LogP contribution in [-0.2, 0) is 16.1 Å². The first-order chi connectivity index (χ1) is 16.0. The molecule has 0 spiro atoms. The van der Waals surface area contributed by atoms with Crippen molar-refractivity contribution >= 4 is 35.2 Å². The van der Waals surface area contributed by atoms with E-state index >= 15 is 0 Å². The first-order valence-electron chi connectivity index (χ1n) is 11.6. The van der Waals surface area contributed by atoms with E-state index in [2.05, 4.69) is 5.32 Å². The molecule has 0 unspecified atom stereocenters. The summed E-state index contributed by atoms with van der Waals surface area (Å²) in [6, 6.07) is 15.0. The average molecular weight is 489 g/mol. The SMILES string of the molecule is CC[C@@H](C(=O)NC1CCCC1)N(Cc1ccc(OC)cc1)C(=O)CCSc1ccc(Cl)cc1. The highest BCUT2D eigenvalue weighted by Crippen LogP contribution is 2.23. The molecule has 1 N–H and O–H groups in total. The number of nitrogens with one attached hydrogen (secondary N) is 1. The van der Waals surface area contributed by atoms with Crippen LogP contribution < -0.4 is 10.1 Å². The van der Waals surface area contributed by atoms with Crippen LogP contribution in [0.15, 0.2) is 53.4 Å². The minimum Gasteiger partial charge on any atom is -0.497 e. The quantitative estimate of drug-likeness (QED) is 0.412. The lowest BCUT2D eigenvalue weighted by Crippen LogP contribution is -2.51. The number of hydrogen-bond donors (Lipinski definition) is 1. The Labute approximate surface area is 206 Å². The van der Waals surface area contributed by atoms with Gasteiger partial charge in [0.25, 0.3) is 0 Å². The van der Waals surface area contributed by atoms with Gasteiger partial charge in [0.1, 0.15) is 11.8 Å². The number of benzene rings is 2. The number of halogens is 1. The normalized spacial score (nSPS) is 14.6. The zero-order valence-electron chi connectivity index (χ0n) is 19.4. The van der Waals surface area contributed by atoms with Gasteiger partial charge >= 0.3 is 0 Å². The molecule has 0 radical (unpaired) electrons. The third kappa shape index (κ3) is 7.68. The van der Waals surface area contributed by atoms with Crippen LogP contribution in [0.1, 0.15) is 51.0 Å². The smallest absolute Gasteiger partial charge is 0.243 e. The molecule has 0 heterocycles.